The van der Waals surface area contributed by atoms with Crippen LogP contribution in [0.4, 0.5) is 0 Å². The molecule has 3 heteroatoms. The Labute approximate surface area is 122 Å². The molecule has 2 unspecified atom stereocenters. The van der Waals surface area contributed by atoms with E-state index >= 15 is 0 Å². The number of amides is 1. The maximum atomic E-state index is 11.8. The summed E-state index contributed by atoms with van der Waals surface area (Å²) in [7, 11) is 1.71. The molecule has 1 aromatic rings. The molecule has 2 rings (SSSR count). The third-order valence-corrected chi connectivity index (χ3v) is 4.41. The van der Waals surface area contributed by atoms with Gasteiger partial charge in [0.25, 0.3) is 0 Å². The number of benzene rings is 1. The second kappa shape index (κ2) is 6.40. The molecule has 0 radical (unpaired) electrons. The van der Waals surface area contributed by atoms with Gasteiger partial charge in [0.15, 0.2) is 0 Å². The molecule has 1 fully saturated rings. The first kappa shape index (κ1) is 15.0. The van der Waals surface area contributed by atoms with Gasteiger partial charge in [-0.25, -0.2) is 0 Å². The van der Waals surface area contributed by atoms with Crippen molar-refractivity contribution in [3.63, 3.8) is 0 Å². The Morgan fingerprint density at radius 2 is 1.95 bits per heavy atom. The number of carbonyl (C=O) groups excluding carboxylic acids is 1. The quantitative estimate of drug-likeness (QED) is 0.888. The monoisotopic (exact) mass is 274 g/mol. The smallest absolute Gasteiger partial charge is 0.236 e. The van der Waals surface area contributed by atoms with Crippen LogP contribution in [0.2, 0.25) is 0 Å². The number of hydrogen-bond acceptors (Lipinski definition) is 2. The lowest BCUT2D eigenvalue weighted by atomic mass is 9.84. The SMILES string of the molecule is CNC(=O)C1CC(Cc2c(C)cc(C)cc2C)CCN1. The zero-order chi connectivity index (χ0) is 14.7. The van der Waals surface area contributed by atoms with Crippen molar-refractivity contribution in [3.05, 3.63) is 34.4 Å². The number of rotatable bonds is 3. The van der Waals surface area contributed by atoms with Gasteiger partial charge >= 0.3 is 0 Å². The molecule has 20 heavy (non-hydrogen) atoms. The maximum absolute atomic E-state index is 11.8. The van der Waals surface area contributed by atoms with Gasteiger partial charge in [-0.2, -0.15) is 0 Å². The first-order valence-electron chi connectivity index (χ1n) is 7.53. The summed E-state index contributed by atoms with van der Waals surface area (Å²) in [5.74, 6) is 0.714. The van der Waals surface area contributed by atoms with Crippen LogP contribution in [0.25, 0.3) is 0 Å². The van der Waals surface area contributed by atoms with Crippen molar-refractivity contribution < 1.29 is 4.79 Å². The Hall–Kier alpha value is -1.35. The number of carbonyl (C=O) groups is 1. The molecule has 0 aromatic heterocycles. The third-order valence-electron chi connectivity index (χ3n) is 4.41. The molecule has 1 heterocycles. The topological polar surface area (TPSA) is 41.1 Å². The Morgan fingerprint density at radius 1 is 1.30 bits per heavy atom. The van der Waals surface area contributed by atoms with E-state index in [4.69, 9.17) is 0 Å². The summed E-state index contributed by atoms with van der Waals surface area (Å²) in [5.41, 5.74) is 5.57. The Kier molecular flexibility index (Phi) is 4.81. The van der Waals surface area contributed by atoms with E-state index in [1.165, 1.54) is 22.3 Å². The minimum atomic E-state index is -0.0233. The largest absolute Gasteiger partial charge is 0.358 e. The van der Waals surface area contributed by atoms with E-state index < -0.39 is 0 Å². The third kappa shape index (κ3) is 3.40. The summed E-state index contributed by atoms with van der Waals surface area (Å²) in [6, 6.07) is 4.50. The Morgan fingerprint density at radius 3 is 2.55 bits per heavy atom. The molecule has 1 saturated heterocycles. The van der Waals surface area contributed by atoms with Gasteiger partial charge in [0, 0.05) is 7.05 Å². The molecule has 3 nitrogen and oxygen atoms in total. The lowest BCUT2D eigenvalue weighted by molar-refractivity contribution is -0.123. The summed E-state index contributed by atoms with van der Waals surface area (Å²) in [5, 5.41) is 6.06. The van der Waals surface area contributed by atoms with Crippen molar-refractivity contribution in [3.8, 4) is 0 Å². The van der Waals surface area contributed by atoms with Crippen LogP contribution in [-0.2, 0) is 11.2 Å². The molecule has 1 aliphatic heterocycles. The molecular formula is C17H26N2O. The van der Waals surface area contributed by atoms with Crippen molar-refractivity contribution in [1.82, 2.24) is 10.6 Å². The lowest BCUT2D eigenvalue weighted by Crippen LogP contribution is -2.48. The number of nitrogens with one attached hydrogen (secondary N) is 2. The Balaban J connectivity index is 2.08. The van der Waals surface area contributed by atoms with Crippen LogP contribution in [0.1, 0.15) is 35.1 Å². The van der Waals surface area contributed by atoms with Gasteiger partial charge in [0.1, 0.15) is 0 Å². The number of aryl methyl sites for hydroxylation is 3. The fourth-order valence-corrected chi connectivity index (χ4v) is 3.38. The molecule has 0 aliphatic carbocycles. The second-order valence-corrected chi connectivity index (χ2v) is 6.09. The standard InChI is InChI=1S/C17H26N2O/c1-11-7-12(2)15(13(3)8-11)9-14-5-6-19-16(10-14)17(20)18-4/h7-8,14,16,19H,5-6,9-10H2,1-4H3,(H,18,20). The van der Waals surface area contributed by atoms with Gasteiger partial charge in [-0.05, 0) is 69.2 Å². The van der Waals surface area contributed by atoms with Crippen LogP contribution in [0.5, 0.6) is 0 Å². The second-order valence-electron chi connectivity index (χ2n) is 6.09. The van der Waals surface area contributed by atoms with Crippen LogP contribution >= 0.6 is 0 Å². The minimum Gasteiger partial charge on any atom is -0.358 e. The normalized spacial score (nSPS) is 22.6. The molecule has 0 spiro atoms. The zero-order valence-electron chi connectivity index (χ0n) is 13.0. The zero-order valence-corrected chi connectivity index (χ0v) is 13.0. The molecule has 0 bridgehead atoms. The molecule has 2 N–H and O–H groups in total. The van der Waals surface area contributed by atoms with Crippen LogP contribution in [0.15, 0.2) is 12.1 Å². The van der Waals surface area contributed by atoms with Crippen molar-refractivity contribution in [2.75, 3.05) is 13.6 Å². The van der Waals surface area contributed by atoms with Crippen molar-refractivity contribution in [2.24, 2.45) is 5.92 Å². The fraction of sp³-hybridized carbons (Fsp3) is 0.588. The highest BCUT2D eigenvalue weighted by Gasteiger charge is 2.26. The van der Waals surface area contributed by atoms with Gasteiger partial charge in [-0.15, -0.1) is 0 Å². The average Bonchev–Trinajstić information content (AvgIpc) is 2.42. The predicted molar refractivity (Wildman–Crippen MR) is 82.9 cm³/mol. The van der Waals surface area contributed by atoms with Gasteiger partial charge in [0.05, 0.1) is 6.04 Å². The summed E-state index contributed by atoms with van der Waals surface area (Å²) in [6.07, 6.45) is 3.18. The minimum absolute atomic E-state index is 0.0233. The van der Waals surface area contributed by atoms with Crippen molar-refractivity contribution >= 4 is 5.91 Å². The molecule has 2 atom stereocenters. The van der Waals surface area contributed by atoms with E-state index in [9.17, 15) is 4.79 Å². The van der Waals surface area contributed by atoms with Gasteiger partial charge in [-0.3, -0.25) is 4.79 Å². The van der Waals surface area contributed by atoms with E-state index in [1.807, 2.05) is 0 Å². The van der Waals surface area contributed by atoms with Crippen LogP contribution in [0.3, 0.4) is 0 Å². The summed E-state index contributed by atoms with van der Waals surface area (Å²) in [4.78, 5) is 11.8. The molecule has 1 aliphatic rings. The summed E-state index contributed by atoms with van der Waals surface area (Å²) in [6.45, 7) is 7.49. The van der Waals surface area contributed by atoms with Crippen molar-refractivity contribution in [1.29, 1.82) is 0 Å². The fourth-order valence-electron chi connectivity index (χ4n) is 3.38. The Bertz CT molecular complexity index is 473. The number of likely N-dealkylation sites (N-methyl/N-ethyl adjacent to an activating group) is 1. The van der Waals surface area contributed by atoms with Gasteiger partial charge in [0.2, 0.25) is 5.91 Å². The van der Waals surface area contributed by atoms with Crippen LogP contribution in [0, 0.1) is 26.7 Å². The molecule has 1 aromatic carbocycles. The number of piperidine rings is 1. The van der Waals surface area contributed by atoms with E-state index in [0.717, 1.165) is 25.8 Å². The van der Waals surface area contributed by atoms with Gasteiger partial charge in [-0.1, -0.05) is 17.7 Å². The summed E-state index contributed by atoms with van der Waals surface area (Å²) < 4.78 is 0. The van der Waals surface area contributed by atoms with E-state index in [1.54, 1.807) is 7.05 Å². The molecular weight excluding hydrogens is 248 g/mol. The summed E-state index contributed by atoms with van der Waals surface area (Å²) >= 11 is 0. The van der Waals surface area contributed by atoms with E-state index in [-0.39, 0.29) is 11.9 Å². The lowest BCUT2D eigenvalue weighted by Gasteiger charge is -2.30. The van der Waals surface area contributed by atoms with E-state index in [0.29, 0.717) is 5.92 Å². The van der Waals surface area contributed by atoms with E-state index in [2.05, 4.69) is 43.5 Å². The molecule has 110 valence electrons. The van der Waals surface area contributed by atoms with Gasteiger partial charge < -0.3 is 10.6 Å². The first-order chi connectivity index (χ1) is 9.51. The highest BCUT2D eigenvalue weighted by molar-refractivity contribution is 5.81. The molecule has 0 saturated carbocycles. The first-order valence-corrected chi connectivity index (χ1v) is 7.53. The highest BCUT2D eigenvalue weighted by Crippen LogP contribution is 2.25. The average molecular weight is 274 g/mol. The van der Waals surface area contributed by atoms with Crippen LogP contribution < -0.4 is 10.6 Å². The maximum Gasteiger partial charge on any atom is 0.236 e. The predicted octanol–water partition coefficient (Wildman–Crippen LogP) is 2.27. The highest BCUT2D eigenvalue weighted by atomic mass is 16.2. The molecule has 1 amide bonds. The van der Waals surface area contributed by atoms with Crippen LogP contribution in [-0.4, -0.2) is 25.5 Å². The number of hydrogen-bond donors (Lipinski definition) is 2. The van der Waals surface area contributed by atoms with Crippen molar-refractivity contribution in [2.45, 2.75) is 46.1 Å².